The molecule has 6 heterocycles. The van der Waals surface area contributed by atoms with E-state index in [4.69, 9.17) is 10.6 Å². The molecule has 3 aromatic rings. The first-order valence-electron chi connectivity index (χ1n) is 16.6. The smallest absolute Gasteiger partial charge is 0.546 e. The maximum Gasteiger partial charge on any atom is 1.00 e. The Morgan fingerprint density at radius 1 is 1.26 bits per heavy atom. The summed E-state index contributed by atoms with van der Waals surface area (Å²) in [6, 6.07) is 2.01. The molecule has 0 spiro atoms. The molecule has 54 heavy (non-hydrogen) atoms. The molecule has 4 atom stereocenters. The summed E-state index contributed by atoms with van der Waals surface area (Å²) < 4.78 is 18.8. The number of oxime groups is 1. The van der Waals surface area contributed by atoms with Crippen LogP contribution in [0.3, 0.4) is 0 Å². The van der Waals surface area contributed by atoms with E-state index in [0.29, 0.717) is 42.1 Å². The van der Waals surface area contributed by atoms with Crippen LogP contribution < -0.4 is 40.4 Å². The molecule has 1 aromatic carbocycles. The number of ketones is 1. The maximum absolute atomic E-state index is 14.1. The second-order valence-electron chi connectivity index (χ2n) is 13.8. The number of anilines is 1. The molecule has 0 aliphatic carbocycles. The predicted octanol–water partition coefficient (Wildman–Crippen LogP) is -3.53. The van der Waals surface area contributed by atoms with Gasteiger partial charge in [0.2, 0.25) is 17.6 Å². The van der Waals surface area contributed by atoms with E-state index in [1.807, 2.05) is 0 Å². The van der Waals surface area contributed by atoms with Crippen molar-refractivity contribution in [3.63, 3.8) is 0 Å². The molecule has 23 heteroatoms. The number of hydrogen-bond donors (Lipinski definition) is 4. The molecule has 4 aliphatic heterocycles. The van der Waals surface area contributed by atoms with Crippen molar-refractivity contribution in [2.45, 2.75) is 50.1 Å². The molecule has 3 fully saturated rings. The number of phenolic OH excluding ortho intramolecular Hbond substituents is 2. The Morgan fingerprint density at radius 3 is 2.70 bits per heavy atom. The Bertz CT molecular complexity index is 2040. The van der Waals surface area contributed by atoms with Gasteiger partial charge < -0.3 is 40.1 Å². The number of amides is 2. The molecular formula is C31H34FN11NaO8S2+. The first-order valence-corrected chi connectivity index (χ1v) is 18.4. The average Bonchev–Trinajstić information content (AvgIpc) is 3.90. The van der Waals surface area contributed by atoms with Crippen molar-refractivity contribution in [2.75, 3.05) is 44.2 Å². The maximum atomic E-state index is 14.1. The molecule has 2 aromatic heterocycles. The van der Waals surface area contributed by atoms with Gasteiger partial charge in [0.05, 0.1) is 49.1 Å². The molecule has 0 radical (unpaired) electrons. The van der Waals surface area contributed by atoms with Gasteiger partial charge in [0.15, 0.2) is 39.5 Å². The van der Waals surface area contributed by atoms with Gasteiger partial charge in [0, 0.05) is 47.7 Å². The van der Waals surface area contributed by atoms with E-state index in [2.05, 4.69) is 35.1 Å². The number of nitrogens with one attached hydrogen (secondary N) is 1. The molecule has 0 bridgehead atoms. The van der Waals surface area contributed by atoms with Gasteiger partial charge in [0.25, 0.3) is 5.91 Å². The Balaban J connectivity index is 0.00000497. The number of carboxylic acids is 1. The molecule has 280 valence electrons. The summed E-state index contributed by atoms with van der Waals surface area (Å²) in [4.78, 5) is 64.8. The van der Waals surface area contributed by atoms with Crippen molar-refractivity contribution >= 4 is 63.4 Å². The van der Waals surface area contributed by atoms with E-state index in [1.165, 1.54) is 25.6 Å². The number of H-pyrrole nitrogens is 1. The fourth-order valence-electron chi connectivity index (χ4n) is 7.32. The minimum Gasteiger partial charge on any atom is -0.546 e. The van der Waals surface area contributed by atoms with Gasteiger partial charge in [-0.05, 0) is 31.2 Å². The number of thioether (sulfide) groups is 1. The number of carbonyl (C=O) groups excluding carboxylic acids is 4. The topological polar surface area (TPSA) is 266 Å². The van der Waals surface area contributed by atoms with E-state index in [0.717, 1.165) is 48.6 Å². The molecule has 0 saturated carbocycles. The zero-order valence-corrected chi connectivity index (χ0v) is 33.0. The van der Waals surface area contributed by atoms with E-state index in [1.54, 1.807) is 9.80 Å². The number of phenols is 2. The number of rotatable bonds is 11. The third-order valence-electron chi connectivity index (χ3n) is 10.1. The summed E-state index contributed by atoms with van der Waals surface area (Å²) >= 11 is 2.29. The van der Waals surface area contributed by atoms with Gasteiger partial charge in [-0.2, -0.15) is 14.6 Å². The second-order valence-corrected chi connectivity index (χ2v) is 15.7. The fourth-order valence-corrected chi connectivity index (χ4v) is 9.16. The number of β-lactam (4-membered cyclic amide) rings is 1. The number of tetrazole rings is 1. The summed E-state index contributed by atoms with van der Waals surface area (Å²) in [5.74, 6) is -5.96. The predicted molar refractivity (Wildman–Crippen MR) is 182 cm³/mol. The number of nitrogens with two attached hydrogens (primary N) is 1. The van der Waals surface area contributed by atoms with Crippen LogP contribution in [0.5, 0.6) is 11.5 Å². The quantitative estimate of drug-likeness (QED) is 0.0366. The molecule has 19 nitrogen and oxygen atoms in total. The van der Waals surface area contributed by atoms with Crippen LogP contribution in [0.25, 0.3) is 5.70 Å². The number of carboxylic acid groups (broad SMARTS) is 1. The number of nitrogens with zero attached hydrogens (tertiary/aromatic N) is 9. The van der Waals surface area contributed by atoms with Gasteiger partial charge in [-0.25, -0.2) is 4.39 Å². The number of nitrogen functional groups attached to an aromatic ring is 1. The van der Waals surface area contributed by atoms with Crippen LogP contribution >= 0.6 is 23.3 Å². The van der Waals surface area contributed by atoms with Crippen molar-refractivity contribution in [3.05, 3.63) is 40.7 Å². The second kappa shape index (κ2) is 15.1. The molecule has 5 N–H and O–H groups in total. The monoisotopic (exact) mass is 794 g/mol. The van der Waals surface area contributed by atoms with Crippen LogP contribution in [0, 0.1) is 11.7 Å². The van der Waals surface area contributed by atoms with Crippen LogP contribution in [-0.4, -0.2) is 139 Å². The Morgan fingerprint density at radius 2 is 2.04 bits per heavy atom. The summed E-state index contributed by atoms with van der Waals surface area (Å²) in [6.07, 6.45) is 1.44. The van der Waals surface area contributed by atoms with Gasteiger partial charge in [-0.1, -0.05) is 5.16 Å². The minimum absolute atomic E-state index is 0. The number of aromatic amines is 1. The number of quaternary nitrogens is 1. The number of aromatic nitrogens is 6. The van der Waals surface area contributed by atoms with E-state index in [-0.39, 0.29) is 76.0 Å². The third-order valence-corrected chi connectivity index (χ3v) is 12.1. The summed E-state index contributed by atoms with van der Waals surface area (Å²) in [6.45, 7) is 5.11. The van der Waals surface area contributed by atoms with Crippen LogP contribution in [-0.2, 0) is 19.2 Å². The number of Topliss-reactive ketones (excluding diaryl/α,β-unsaturated/α-hetero) is 1. The van der Waals surface area contributed by atoms with Crippen LogP contribution in [0.2, 0.25) is 0 Å². The summed E-state index contributed by atoms with van der Waals surface area (Å²) in [5, 5.41) is 48.9. The first-order chi connectivity index (χ1) is 25.2. The largest absolute Gasteiger partial charge is 1.00 e. The first kappa shape index (κ1) is 39.5. The summed E-state index contributed by atoms with van der Waals surface area (Å²) in [5.41, 5.74) is 4.82. The average molecular weight is 795 g/mol. The SMILES string of the molecule is CC(C)(O/N=C(\C(=O)C[C@@H]1C(=O)N2C(c3nn[nH]n3)=C(C[N@+]34CCC[C@H]3CN(C(=O)c3cc(O)c(O)c(F)c3)CC4)CS[C@H]12)c1nsc(N)n1)C(=O)[O-].[Na+]. The van der Waals surface area contributed by atoms with Crippen molar-refractivity contribution in [1.29, 1.82) is 0 Å². The molecule has 0 unspecified atom stereocenters. The Kier molecular flexibility index (Phi) is 11.1. The van der Waals surface area contributed by atoms with Crippen molar-refractivity contribution < 1.29 is 77.8 Å². The van der Waals surface area contributed by atoms with Crippen LogP contribution in [0.15, 0.2) is 22.9 Å². The standard InChI is InChI=1S/C31H34FN11O8S2.Na/c1-31(2,29(49)50)51-37-21(24-34-30(33)53-38-24)19(44)10-17-27(48)42-22(25-35-39-40-36-25)15(13-52-28(17)42)12-43-6-3-4-16(43)11-41(5-7-43)26(47)14-8-18(32)23(46)20(45)9-14;/h8-9,16-17,28H,3-7,10-13H2,1-2H3,(H5-,33,34,35,36,37,38,39,40,44,45,46,47,49,50);/q;+1/t16-,17+,28+,43+;/m0./s1. The zero-order chi connectivity index (χ0) is 37.8. The molecule has 4 aliphatic rings. The number of piperazine rings is 1. The normalized spacial score (nSPS) is 24.0. The number of fused-ring (bicyclic) bond motifs is 2. The zero-order valence-electron chi connectivity index (χ0n) is 29.4. The Labute approximate surface area is 336 Å². The number of carbonyl (C=O) groups is 4. The van der Waals surface area contributed by atoms with Crippen LogP contribution in [0.4, 0.5) is 9.52 Å². The van der Waals surface area contributed by atoms with Crippen molar-refractivity contribution in [3.8, 4) is 11.5 Å². The van der Waals surface area contributed by atoms with Crippen LogP contribution in [0.1, 0.15) is 55.1 Å². The van der Waals surface area contributed by atoms with Gasteiger partial charge in [0.1, 0.15) is 12.6 Å². The minimum atomic E-state index is -1.88. The van der Waals surface area contributed by atoms with Crippen molar-refractivity contribution in [1.82, 2.24) is 39.8 Å². The number of hydrogen-bond acceptors (Lipinski definition) is 17. The number of benzene rings is 1. The fraction of sp³-hybridized carbons (Fsp3) is 0.484. The van der Waals surface area contributed by atoms with Gasteiger partial charge >= 0.3 is 29.6 Å². The third kappa shape index (κ3) is 7.17. The number of aliphatic carboxylic acids is 1. The van der Waals surface area contributed by atoms with Gasteiger partial charge in [-0.15, -0.1) is 22.0 Å². The molecule has 2 amide bonds. The molecule has 3 saturated heterocycles. The van der Waals surface area contributed by atoms with Crippen molar-refractivity contribution in [2.24, 2.45) is 11.1 Å². The van der Waals surface area contributed by atoms with E-state index in [9.17, 15) is 38.9 Å². The van der Waals surface area contributed by atoms with Gasteiger partial charge in [-0.3, -0.25) is 19.3 Å². The molecular weight excluding hydrogens is 761 g/mol. The number of aromatic hydroxyl groups is 2. The molecule has 7 rings (SSSR count). The van der Waals surface area contributed by atoms with E-state index < -0.39 is 51.9 Å². The Hall–Kier alpha value is -4.22. The van der Waals surface area contributed by atoms with E-state index >= 15 is 0 Å². The number of halogens is 1. The summed E-state index contributed by atoms with van der Waals surface area (Å²) in [7, 11) is 0.